The normalized spacial score (nSPS) is 11.2. The lowest BCUT2D eigenvalue weighted by Crippen LogP contribution is -2.19. The van der Waals surface area contributed by atoms with Gasteiger partial charge in [-0.25, -0.2) is 10.2 Å². The molecular formula is C30H20BrCl2N3O3. The second kappa shape index (κ2) is 11.5. The third kappa shape index (κ3) is 5.91. The van der Waals surface area contributed by atoms with Gasteiger partial charge >= 0.3 is 5.97 Å². The molecule has 0 fully saturated rings. The number of H-pyrrole nitrogens is 1. The van der Waals surface area contributed by atoms with Gasteiger partial charge in [-0.2, -0.15) is 5.10 Å². The number of ether oxygens (including phenoxy) is 1. The van der Waals surface area contributed by atoms with Crippen molar-refractivity contribution in [1.29, 1.82) is 0 Å². The van der Waals surface area contributed by atoms with Gasteiger partial charge in [-0.15, -0.1) is 0 Å². The minimum Gasteiger partial charge on any atom is -0.422 e. The molecule has 4 aromatic carbocycles. The van der Waals surface area contributed by atoms with Crippen molar-refractivity contribution in [1.82, 2.24) is 10.4 Å². The number of hydrogen-bond donors (Lipinski definition) is 2. The quantitative estimate of drug-likeness (QED) is 0.0868. The molecule has 0 aliphatic heterocycles. The number of rotatable bonds is 6. The lowest BCUT2D eigenvalue weighted by Gasteiger charge is -2.09. The van der Waals surface area contributed by atoms with Crippen LogP contribution in [0.15, 0.2) is 94.5 Å². The highest BCUT2D eigenvalue weighted by molar-refractivity contribution is 9.10. The zero-order valence-electron chi connectivity index (χ0n) is 20.5. The highest BCUT2D eigenvalue weighted by Crippen LogP contribution is 2.37. The number of carbonyl (C=O) groups excluding carboxylic acids is 2. The number of halogens is 3. The summed E-state index contributed by atoms with van der Waals surface area (Å²) in [6.07, 6.45) is 1.41. The number of aromatic amines is 1. The second-order valence-corrected chi connectivity index (χ2v) is 10.4. The number of carbonyl (C=O) groups is 2. The molecule has 0 saturated carbocycles. The standard InChI is InChI=1S/C30H20BrCl2N3O3/c1-17-6-12-25-23(14-17)27(22-4-2-3-5-24(22)33)28(35-25)29(37)36-34-16-19-15-20(31)9-13-26(19)39-30(38)18-7-10-21(32)11-8-18/h2-16,35H,1H3,(H,36,37). The number of benzene rings is 4. The topological polar surface area (TPSA) is 83.6 Å². The van der Waals surface area contributed by atoms with Crippen LogP contribution in [-0.4, -0.2) is 23.1 Å². The first kappa shape index (κ1) is 26.7. The highest BCUT2D eigenvalue weighted by atomic mass is 79.9. The molecule has 0 radical (unpaired) electrons. The third-order valence-corrected chi connectivity index (χ3v) is 7.02. The fraction of sp³-hybridized carbons (Fsp3) is 0.0333. The van der Waals surface area contributed by atoms with Gasteiger partial charge in [0.05, 0.1) is 11.8 Å². The van der Waals surface area contributed by atoms with Crippen LogP contribution in [0.3, 0.4) is 0 Å². The fourth-order valence-corrected chi connectivity index (χ4v) is 4.83. The maximum absolute atomic E-state index is 13.3. The summed E-state index contributed by atoms with van der Waals surface area (Å²) >= 11 is 15.8. The number of aryl methyl sites for hydroxylation is 1. The molecule has 5 rings (SSSR count). The fourth-order valence-electron chi connectivity index (χ4n) is 4.09. The largest absolute Gasteiger partial charge is 0.422 e. The maximum atomic E-state index is 13.3. The van der Waals surface area contributed by atoms with Crippen LogP contribution in [0.25, 0.3) is 22.0 Å². The first-order valence-corrected chi connectivity index (χ1v) is 13.3. The Bertz CT molecular complexity index is 1750. The Balaban J connectivity index is 1.43. The van der Waals surface area contributed by atoms with Crippen molar-refractivity contribution in [3.63, 3.8) is 0 Å². The average Bonchev–Trinajstić information content (AvgIpc) is 3.29. The molecule has 2 N–H and O–H groups in total. The van der Waals surface area contributed by atoms with Crippen LogP contribution in [0.5, 0.6) is 5.75 Å². The summed E-state index contributed by atoms with van der Waals surface area (Å²) in [7, 11) is 0. The monoisotopic (exact) mass is 619 g/mol. The maximum Gasteiger partial charge on any atom is 0.343 e. The number of hydrogen-bond acceptors (Lipinski definition) is 4. The summed E-state index contributed by atoms with van der Waals surface area (Å²) in [6.45, 7) is 1.99. The van der Waals surface area contributed by atoms with Crippen LogP contribution in [0, 0.1) is 6.92 Å². The van der Waals surface area contributed by atoms with Crippen LogP contribution >= 0.6 is 39.1 Å². The molecule has 39 heavy (non-hydrogen) atoms. The molecule has 0 unspecified atom stereocenters. The van der Waals surface area contributed by atoms with Crippen LogP contribution in [0.2, 0.25) is 10.0 Å². The van der Waals surface area contributed by atoms with Crippen molar-refractivity contribution in [2.45, 2.75) is 6.92 Å². The summed E-state index contributed by atoms with van der Waals surface area (Å²) in [6, 6.07) is 24.7. The zero-order chi connectivity index (χ0) is 27.5. The van der Waals surface area contributed by atoms with Gasteiger partial charge in [0.1, 0.15) is 11.4 Å². The Labute approximate surface area is 242 Å². The summed E-state index contributed by atoms with van der Waals surface area (Å²) < 4.78 is 6.33. The predicted molar refractivity (Wildman–Crippen MR) is 159 cm³/mol. The molecule has 0 atom stereocenters. The zero-order valence-corrected chi connectivity index (χ0v) is 23.6. The number of nitrogens with one attached hydrogen (secondary N) is 2. The van der Waals surface area contributed by atoms with E-state index in [0.29, 0.717) is 32.4 Å². The number of fused-ring (bicyclic) bond motifs is 1. The van der Waals surface area contributed by atoms with E-state index in [4.69, 9.17) is 27.9 Å². The minimum absolute atomic E-state index is 0.272. The Morgan fingerprint density at radius 1 is 0.974 bits per heavy atom. The van der Waals surface area contributed by atoms with Gasteiger partial charge in [-0.1, -0.05) is 69.0 Å². The molecule has 0 aliphatic rings. The van der Waals surface area contributed by atoms with E-state index >= 15 is 0 Å². The molecule has 194 valence electrons. The van der Waals surface area contributed by atoms with E-state index in [-0.39, 0.29) is 5.75 Å². The van der Waals surface area contributed by atoms with Gasteiger partial charge in [0.15, 0.2) is 0 Å². The van der Waals surface area contributed by atoms with Crippen molar-refractivity contribution < 1.29 is 14.3 Å². The van der Waals surface area contributed by atoms with Crippen molar-refractivity contribution in [2.75, 3.05) is 0 Å². The molecule has 1 amide bonds. The van der Waals surface area contributed by atoms with Crippen LogP contribution in [0.1, 0.15) is 32.0 Å². The van der Waals surface area contributed by atoms with E-state index in [1.165, 1.54) is 6.21 Å². The van der Waals surface area contributed by atoms with Gasteiger partial charge in [0.25, 0.3) is 5.91 Å². The van der Waals surface area contributed by atoms with Gasteiger partial charge in [0, 0.05) is 42.1 Å². The summed E-state index contributed by atoms with van der Waals surface area (Å²) in [4.78, 5) is 29.2. The second-order valence-electron chi connectivity index (χ2n) is 8.68. The first-order valence-electron chi connectivity index (χ1n) is 11.8. The van der Waals surface area contributed by atoms with Crippen LogP contribution in [0.4, 0.5) is 0 Å². The third-order valence-electron chi connectivity index (χ3n) is 5.95. The molecular weight excluding hydrogens is 601 g/mol. The Kier molecular flexibility index (Phi) is 7.84. The molecule has 0 spiro atoms. The smallest absolute Gasteiger partial charge is 0.343 e. The Hall–Kier alpha value is -3.91. The summed E-state index contributed by atoms with van der Waals surface area (Å²) in [5, 5.41) is 6.07. The van der Waals surface area contributed by atoms with Crippen molar-refractivity contribution in [3.05, 3.63) is 122 Å². The molecule has 0 bridgehead atoms. The molecule has 0 aliphatic carbocycles. The number of esters is 1. The van der Waals surface area contributed by atoms with E-state index in [9.17, 15) is 9.59 Å². The molecule has 1 heterocycles. The number of hydrazone groups is 1. The van der Waals surface area contributed by atoms with E-state index in [0.717, 1.165) is 26.5 Å². The van der Waals surface area contributed by atoms with Gasteiger partial charge in [0.2, 0.25) is 0 Å². The van der Waals surface area contributed by atoms with Gasteiger partial charge in [-0.05, 0) is 67.6 Å². The SMILES string of the molecule is Cc1ccc2[nH]c(C(=O)NN=Cc3cc(Br)ccc3OC(=O)c3ccc(Cl)cc3)c(-c3ccccc3Cl)c2c1. The number of aromatic nitrogens is 1. The Morgan fingerprint density at radius 2 is 1.74 bits per heavy atom. The number of nitrogens with zero attached hydrogens (tertiary/aromatic N) is 1. The van der Waals surface area contributed by atoms with Crippen molar-refractivity contribution >= 4 is 68.1 Å². The van der Waals surface area contributed by atoms with E-state index in [1.54, 1.807) is 48.5 Å². The molecule has 6 nitrogen and oxygen atoms in total. The van der Waals surface area contributed by atoms with Gasteiger partial charge in [-0.3, -0.25) is 4.79 Å². The minimum atomic E-state index is -0.551. The number of amides is 1. The molecule has 0 saturated heterocycles. The average molecular weight is 621 g/mol. The van der Waals surface area contributed by atoms with Gasteiger partial charge < -0.3 is 9.72 Å². The lowest BCUT2D eigenvalue weighted by molar-refractivity contribution is 0.0734. The predicted octanol–water partition coefficient (Wildman–Crippen LogP) is 8.20. The van der Waals surface area contributed by atoms with Crippen LogP contribution in [-0.2, 0) is 0 Å². The highest BCUT2D eigenvalue weighted by Gasteiger charge is 2.21. The molecule has 9 heteroatoms. The Morgan fingerprint density at radius 3 is 2.51 bits per heavy atom. The van der Waals surface area contributed by atoms with E-state index < -0.39 is 11.9 Å². The van der Waals surface area contributed by atoms with Crippen molar-refractivity contribution in [3.8, 4) is 16.9 Å². The lowest BCUT2D eigenvalue weighted by atomic mass is 10.0. The summed E-state index contributed by atoms with van der Waals surface area (Å²) in [5.74, 6) is -0.732. The van der Waals surface area contributed by atoms with E-state index in [2.05, 4.69) is 31.4 Å². The van der Waals surface area contributed by atoms with Crippen molar-refractivity contribution in [2.24, 2.45) is 5.10 Å². The summed E-state index contributed by atoms with van der Waals surface area (Å²) in [5.41, 5.74) is 6.99. The first-order chi connectivity index (χ1) is 18.8. The molecule has 1 aromatic heterocycles. The van der Waals surface area contributed by atoms with E-state index in [1.807, 2.05) is 43.3 Å². The van der Waals surface area contributed by atoms with Crippen LogP contribution < -0.4 is 10.2 Å². The molecule has 5 aromatic rings.